The van der Waals surface area contributed by atoms with Crippen molar-refractivity contribution >= 4 is 47.8 Å². The fourth-order valence-corrected chi connectivity index (χ4v) is 3.43. The summed E-state index contributed by atoms with van der Waals surface area (Å²) >= 11 is 10.3. The highest BCUT2D eigenvalue weighted by molar-refractivity contribution is 9.11. The molecule has 0 aromatic heterocycles. The van der Waals surface area contributed by atoms with Crippen LogP contribution < -0.4 is 14.2 Å². The lowest BCUT2D eigenvalue weighted by molar-refractivity contribution is 0.439. The highest BCUT2D eigenvalue weighted by Gasteiger charge is 2.08. The van der Waals surface area contributed by atoms with E-state index in [1.165, 1.54) is 0 Å². The predicted octanol–water partition coefficient (Wildman–Crippen LogP) is 9.35. The lowest BCUT2D eigenvalue weighted by atomic mass is 10.2. The van der Waals surface area contributed by atoms with Crippen LogP contribution in [0.1, 0.15) is 0 Å². The first kappa shape index (κ1) is 21.0. The van der Waals surface area contributed by atoms with Gasteiger partial charge in [0.15, 0.2) is 0 Å². The van der Waals surface area contributed by atoms with Crippen molar-refractivity contribution in [2.45, 2.75) is 0 Å². The smallest absolute Gasteiger partial charge is 0.134 e. The molecule has 4 aromatic carbocycles. The molecule has 0 N–H and O–H groups in total. The molecule has 4 rings (SSSR count). The van der Waals surface area contributed by atoms with Gasteiger partial charge >= 0.3 is 0 Å². The Balaban J connectivity index is 1.64. The summed E-state index contributed by atoms with van der Waals surface area (Å²) in [6.45, 7) is 0. The molecular formula is C24H15Br3O3. The van der Waals surface area contributed by atoms with E-state index in [9.17, 15) is 0 Å². The molecule has 0 aliphatic rings. The molecule has 0 saturated carbocycles. The molecule has 0 spiro atoms. The largest absolute Gasteiger partial charge is 0.457 e. The molecule has 0 heterocycles. The minimum Gasteiger partial charge on any atom is -0.457 e. The highest BCUT2D eigenvalue weighted by Crippen LogP contribution is 2.36. The summed E-state index contributed by atoms with van der Waals surface area (Å²) in [4.78, 5) is 0. The first-order chi connectivity index (χ1) is 14.5. The Bertz CT molecular complexity index is 967. The third kappa shape index (κ3) is 5.88. The summed E-state index contributed by atoms with van der Waals surface area (Å²) in [6, 6.07) is 28.4. The van der Waals surface area contributed by atoms with Crippen LogP contribution in [0.4, 0.5) is 0 Å². The standard InChI is InChI=1S/C24H15Br3O3/c25-16-1-7-19(8-2-16)28-22-13-23(29-20-9-3-17(26)4-10-20)15-24(14-22)30-21-11-5-18(27)6-12-21/h1-15H. The second-order valence-electron chi connectivity index (χ2n) is 6.31. The minimum atomic E-state index is 0.610. The molecule has 0 aliphatic carbocycles. The second kappa shape index (κ2) is 9.69. The van der Waals surface area contributed by atoms with Gasteiger partial charge in [0.1, 0.15) is 34.5 Å². The van der Waals surface area contributed by atoms with Gasteiger partial charge in [-0.05, 0) is 72.8 Å². The third-order valence-corrected chi connectivity index (χ3v) is 5.59. The van der Waals surface area contributed by atoms with Gasteiger partial charge in [0.25, 0.3) is 0 Å². The van der Waals surface area contributed by atoms with E-state index in [-0.39, 0.29) is 0 Å². The molecule has 0 bridgehead atoms. The molecule has 0 atom stereocenters. The zero-order valence-corrected chi connectivity index (χ0v) is 20.3. The van der Waals surface area contributed by atoms with Crippen LogP contribution in [0.5, 0.6) is 34.5 Å². The number of hydrogen-bond acceptors (Lipinski definition) is 3. The number of rotatable bonds is 6. The van der Waals surface area contributed by atoms with Gasteiger partial charge in [-0.15, -0.1) is 0 Å². The minimum absolute atomic E-state index is 0.610. The van der Waals surface area contributed by atoms with Gasteiger partial charge in [0, 0.05) is 31.6 Å². The molecular weight excluding hydrogens is 576 g/mol. The number of halogens is 3. The van der Waals surface area contributed by atoms with E-state index in [0.29, 0.717) is 34.5 Å². The summed E-state index contributed by atoms with van der Waals surface area (Å²) in [6.07, 6.45) is 0. The Kier molecular flexibility index (Phi) is 6.77. The van der Waals surface area contributed by atoms with Gasteiger partial charge in [0.2, 0.25) is 0 Å². The van der Waals surface area contributed by atoms with Crippen LogP contribution in [0.15, 0.2) is 104 Å². The fraction of sp³-hybridized carbons (Fsp3) is 0. The lowest BCUT2D eigenvalue weighted by Crippen LogP contribution is -1.91. The molecule has 0 fully saturated rings. The van der Waals surface area contributed by atoms with Crippen LogP contribution in [-0.2, 0) is 0 Å². The molecule has 3 nitrogen and oxygen atoms in total. The Morgan fingerprint density at radius 2 is 0.567 bits per heavy atom. The first-order valence-electron chi connectivity index (χ1n) is 8.99. The van der Waals surface area contributed by atoms with Crippen LogP contribution in [0.3, 0.4) is 0 Å². The third-order valence-electron chi connectivity index (χ3n) is 4.00. The van der Waals surface area contributed by atoms with Crippen molar-refractivity contribution in [1.82, 2.24) is 0 Å². The molecule has 30 heavy (non-hydrogen) atoms. The van der Waals surface area contributed by atoms with Gasteiger partial charge in [-0.1, -0.05) is 47.8 Å². The molecule has 0 saturated heterocycles. The van der Waals surface area contributed by atoms with E-state index in [2.05, 4.69) is 47.8 Å². The lowest BCUT2D eigenvalue weighted by Gasteiger charge is -2.13. The Hall–Kier alpha value is -2.28. The number of ether oxygens (including phenoxy) is 3. The average Bonchev–Trinajstić information content (AvgIpc) is 2.73. The SMILES string of the molecule is Brc1ccc(Oc2cc(Oc3ccc(Br)cc3)cc(Oc3ccc(Br)cc3)c2)cc1. The normalized spacial score (nSPS) is 10.5. The Labute approximate surface area is 200 Å². The van der Waals surface area contributed by atoms with Crippen LogP contribution in [0.2, 0.25) is 0 Å². The molecule has 0 amide bonds. The zero-order chi connectivity index (χ0) is 20.9. The van der Waals surface area contributed by atoms with E-state index < -0.39 is 0 Å². The maximum absolute atomic E-state index is 6.03. The maximum atomic E-state index is 6.03. The van der Waals surface area contributed by atoms with Crippen LogP contribution in [0, 0.1) is 0 Å². The van der Waals surface area contributed by atoms with E-state index in [4.69, 9.17) is 14.2 Å². The summed E-state index contributed by atoms with van der Waals surface area (Å²) in [5.41, 5.74) is 0. The molecule has 4 aromatic rings. The van der Waals surface area contributed by atoms with Gasteiger partial charge in [0.05, 0.1) is 0 Å². The van der Waals surface area contributed by atoms with Gasteiger partial charge in [-0.3, -0.25) is 0 Å². The maximum Gasteiger partial charge on any atom is 0.134 e. The van der Waals surface area contributed by atoms with E-state index in [0.717, 1.165) is 13.4 Å². The predicted molar refractivity (Wildman–Crippen MR) is 129 cm³/mol. The van der Waals surface area contributed by atoms with Crippen molar-refractivity contribution in [1.29, 1.82) is 0 Å². The van der Waals surface area contributed by atoms with Gasteiger partial charge in [-0.25, -0.2) is 0 Å². The quantitative estimate of drug-likeness (QED) is 0.224. The van der Waals surface area contributed by atoms with E-state index >= 15 is 0 Å². The van der Waals surface area contributed by atoms with Crippen LogP contribution >= 0.6 is 47.8 Å². The molecule has 0 unspecified atom stereocenters. The van der Waals surface area contributed by atoms with Crippen LogP contribution in [0.25, 0.3) is 0 Å². The first-order valence-corrected chi connectivity index (χ1v) is 11.4. The summed E-state index contributed by atoms with van der Waals surface area (Å²) in [7, 11) is 0. The van der Waals surface area contributed by atoms with E-state index in [1.54, 1.807) is 0 Å². The van der Waals surface area contributed by atoms with Crippen molar-refractivity contribution < 1.29 is 14.2 Å². The van der Waals surface area contributed by atoms with Crippen molar-refractivity contribution in [2.75, 3.05) is 0 Å². The average molecular weight is 591 g/mol. The fourth-order valence-electron chi connectivity index (χ4n) is 2.64. The monoisotopic (exact) mass is 588 g/mol. The van der Waals surface area contributed by atoms with Gasteiger partial charge in [-0.2, -0.15) is 0 Å². The summed E-state index contributed by atoms with van der Waals surface area (Å²) < 4.78 is 21.1. The van der Waals surface area contributed by atoms with Crippen molar-refractivity contribution in [3.8, 4) is 34.5 Å². The Morgan fingerprint density at radius 3 is 0.800 bits per heavy atom. The Morgan fingerprint density at radius 1 is 0.333 bits per heavy atom. The molecule has 6 heteroatoms. The molecule has 0 aliphatic heterocycles. The molecule has 150 valence electrons. The number of hydrogen-bond donors (Lipinski definition) is 0. The summed E-state index contributed by atoms with van der Waals surface area (Å²) in [5.74, 6) is 3.98. The van der Waals surface area contributed by atoms with Crippen molar-refractivity contribution in [3.05, 3.63) is 104 Å². The highest BCUT2D eigenvalue weighted by atomic mass is 79.9. The number of benzene rings is 4. The summed E-state index contributed by atoms with van der Waals surface area (Å²) in [5, 5.41) is 0. The van der Waals surface area contributed by atoms with Gasteiger partial charge < -0.3 is 14.2 Å². The topological polar surface area (TPSA) is 27.7 Å². The zero-order valence-electron chi connectivity index (χ0n) is 15.5. The second-order valence-corrected chi connectivity index (χ2v) is 9.06. The van der Waals surface area contributed by atoms with E-state index in [1.807, 2.05) is 91.0 Å². The van der Waals surface area contributed by atoms with Crippen molar-refractivity contribution in [3.63, 3.8) is 0 Å². The molecule has 0 radical (unpaired) electrons. The van der Waals surface area contributed by atoms with Crippen molar-refractivity contribution in [2.24, 2.45) is 0 Å². The van der Waals surface area contributed by atoms with Crippen LogP contribution in [-0.4, -0.2) is 0 Å².